The van der Waals surface area contributed by atoms with Crippen LogP contribution in [0, 0.1) is 0 Å². The normalized spacial score (nSPS) is 10.8. The highest BCUT2D eigenvalue weighted by molar-refractivity contribution is 6.42. The zero-order valence-electron chi connectivity index (χ0n) is 15.4. The summed E-state index contributed by atoms with van der Waals surface area (Å²) >= 11 is 12.0. The predicted molar refractivity (Wildman–Crippen MR) is 116 cm³/mol. The van der Waals surface area contributed by atoms with Gasteiger partial charge in [0.05, 0.1) is 28.6 Å². The molecule has 28 heavy (non-hydrogen) atoms. The van der Waals surface area contributed by atoms with Gasteiger partial charge in [-0.2, -0.15) is 5.10 Å². The summed E-state index contributed by atoms with van der Waals surface area (Å²) in [6.45, 7) is 2.83. The number of hydrazone groups is 1. The number of hydrogen-bond donors (Lipinski definition) is 1. The molecular formula is C22H20Cl2N2O2. The topological polar surface area (TPSA) is 42.8 Å². The van der Waals surface area contributed by atoms with Gasteiger partial charge in [0.25, 0.3) is 0 Å². The van der Waals surface area contributed by atoms with E-state index in [1.54, 1.807) is 18.3 Å². The lowest BCUT2D eigenvalue weighted by molar-refractivity contribution is 0.269. The summed E-state index contributed by atoms with van der Waals surface area (Å²) in [4.78, 5) is 0. The fourth-order valence-corrected chi connectivity index (χ4v) is 2.80. The first-order valence-corrected chi connectivity index (χ1v) is 9.59. The first kappa shape index (κ1) is 20.1. The second kappa shape index (κ2) is 10.0. The Bertz CT molecular complexity index is 947. The monoisotopic (exact) mass is 414 g/mol. The summed E-state index contributed by atoms with van der Waals surface area (Å²) in [7, 11) is 0. The van der Waals surface area contributed by atoms with Gasteiger partial charge < -0.3 is 9.47 Å². The van der Waals surface area contributed by atoms with E-state index in [1.807, 2.05) is 61.5 Å². The first-order valence-electron chi connectivity index (χ1n) is 8.83. The molecule has 0 saturated carbocycles. The zero-order chi connectivity index (χ0) is 19.8. The molecule has 0 aromatic heterocycles. The van der Waals surface area contributed by atoms with Crippen molar-refractivity contribution in [2.24, 2.45) is 5.10 Å². The molecule has 0 aliphatic carbocycles. The summed E-state index contributed by atoms with van der Waals surface area (Å²) in [6.07, 6.45) is 1.73. The third-order valence-electron chi connectivity index (χ3n) is 3.83. The minimum absolute atomic E-state index is 0.361. The molecule has 0 amide bonds. The Morgan fingerprint density at radius 3 is 2.46 bits per heavy atom. The van der Waals surface area contributed by atoms with Gasteiger partial charge in [-0.05, 0) is 60.5 Å². The highest BCUT2D eigenvalue weighted by Crippen LogP contribution is 2.30. The molecule has 1 N–H and O–H groups in total. The molecule has 0 saturated heterocycles. The molecule has 4 nitrogen and oxygen atoms in total. The third kappa shape index (κ3) is 5.65. The summed E-state index contributed by atoms with van der Waals surface area (Å²) in [5.74, 6) is 1.31. The maximum atomic E-state index is 6.06. The lowest BCUT2D eigenvalue weighted by Gasteiger charge is -2.13. The smallest absolute Gasteiger partial charge is 0.161 e. The van der Waals surface area contributed by atoms with Crippen molar-refractivity contribution in [3.63, 3.8) is 0 Å². The van der Waals surface area contributed by atoms with E-state index < -0.39 is 0 Å². The maximum Gasteiger partial charge on any atom is 0.161 e. The van der Waals surface area contributed by atoms with Crippen LogP contribution in [0.15, 0.2) is 71.8 Å². The Balaban J connectivity index is 1.68. The van der Waals surface area contributed by atoms with Crippen molar-refractivity contribution in [1.29, 1.82) is 0 Å². The Morgan fingerprint density at radius 1 is 0.893 bits per heavy atom. The van der Waals surface area contributed by atoms with Crippen LogP contribution in [0.5, 0.6) is 11.5 Å². The molecule has 0 fully saturated rings. The van der Waals surface area contributed by atoms with Gasteiger partial charge in [-0.3, -0.25) is 5.43 Å². The van der Waals surface area contributed by atoms with Crippen LogP contribution in [-0.4, -0.2) is 12.8 Å². The van der Waals surface area contributed by atoms with Crippen molar-refractivity contribution in [2.45, 2.75) is 13.5 Å². The van der Waals surface area contributed by atoms with E-state index in [9.17, 15) is 0 Å². The van der Waals surface area contributed by atoms with Crippen LogP contribution in [0.2, 0.25) is 10.0 Å². The van der Waals surface area contributed by atoms with Crippen molar-refractivity contribution in [1.82, 2.24) is 0 Å². The number of hydrogen-bond acceptors (Lipinski definition) is 4. The number of nitrogens with one attached hydrogen (secondary N) is 1. The van der Waals surface area contributed by atoms with Gasteiger partial charge in [0.1, 0.15) is 6.61 Å². The number of rotatable bonds is 8. The van der Waals surface area contributed by atoms with E-state index in [1.165, 1.54) is 0 Å². The van der Waals surface area contributed by atoms with Gasteiger partial charge in [0.2, 0.25) is 0 Å². The van der Waals surface area contributed by atoms with E-state index in [0.29, 0.717) is 34.8 Å². The second-order valence-electron chi connectivity index (χ2n) is 5.91. The van der Waals surface area contributed by atoms with Crippen molar-refractivity contribution in [2.75, 3.05) is 12.0 Å². The van der Waals surface area contributed by atoms with E-state index in [-0.39, 0.29) is 0 Å². The molecule has 3 rings (SSSR count). The fourth-order valence-electron chi connectivity index (χ4n) is 2.48. The Morgan fingerprint density at radius 2 is 1.71 bits per heavy atom. The molecule has 144 valence electrons. The lowest BCUT2D eigenvalue weighted by Crippen LogP contribution is -2.01. The molecule has 0 bridgehead atoms. The number of anilines is 1. The fraction of sp³-hybridized carbons (Fsp3) is 0.136. The Kier molecular flexibility index (Phi) is 7.18. The van der Waals surface area contributed by atoms with Gasteiger partial charge in [-0.25, -0.2) is 0 Å². The molecule has 0 unspecified atom stereocenters. The van der Waals surface area contributed by atoms with Crippen LogP contribution in [0.25, 0.3) is 0 Å². The Labute approximate surface area is 174 Å². The average molecular weight is 415 g/mol. The molecular weight excluding hydrogens is 395 g/mol. The molecule has 0 heterocycles. The highest BCUT2D eigenvalue weighted by atomic mass is 35.5. The van der Waals surface area contributed by atoms with E-state index in [2.05, 4.69) is 10.5 Å². The van der Waals surface area contributed by atoms with Crippen LogP contribution in [0.4, 0.5) is 5.69 Å². The summed E-state index contributed by atoms with van der Waals surface area (Å²) in [6, 6.07) is 20.9. The predicted octanol–water partition coefficient (Wildman–Crippen LogP) is 6.42. The van der Waals surface area contributed by atoms with Gasteiger partial charge in [-0.1, -0.05) is 47.5 Å². The van der Waals surface area contributed by atoms with Crippen LogP contribution in [-0.2, 0) is 6.61 Å². The molecule has 0 radical (unpaired) electrons. The molecule has 3 aromatic rings. The zero-order valence-corrected chi connectivity index (χ0v) is 16.9. The maximum absolute atomic E-state index is 6.06. The molecule has 3 aromatic carbocycles. The highest BCUT2D eigenvalue weighted by Gasteiger charge is 2.07. The lowest BCUT2D eigenvalue weighted by atomic mass is 10.2. The number of ether oxygens (including phenoxy) is 2. The largest absolute Gasteiger partial charge is 0.490 e. The van der Waals surface area contributed by atoms with Gasteiger partial charge in [0, 0.05) is 0 Å². The van der Waals surface area contributed by atoms with Crippen molar-refractivity contribution in [3.8, 4) is 11.5 Å². The van der Waals surface area contributed by atoms with Gasteiger partial charge in [-0.15, -0.1) is 0 Å². The van der Waals surface area contributed by atoms with Crippen molar-refractivity contribution < 1.29 is 9.47 Å². The number of para-hydroxylation sites is 1. The number of nitrogens with zero attached hydrogens (tertiary/aromatic N) is 1. The quantitative estimate of drug-likeness (QED) is 0.341. The van der Waals surface area contributed by atoms with E-state index in [0.717, 1.165) is 16.8 Å². The van der Waals surface area contributed by atoms with E-state index in [4.69, 9.17) is 32.7 Å². The standard InChI is InChI=1S/C22H20Cl2N2O2/c1-2-27-22-13-16(14-25-26-18-6-4-3-5-7-18)9-11-21(22)28-15-17-8-10-19(23)20(24)12-17/h3-14,26H,2,15H2,1H3. The van der Waals surface area contributed by atoms with Gasteiger partial charge in [0.15, 0.2) is 11.5 Å². The first-order chi connectivity index (χ1) is 13.7. The van der Waals surface area contributed by atoms with Crippen LogP contribution >= 0.6 is 23.2 Å². The summed E-state index contributed by atoms with van der Waals surface area (Å²) < 4.78 is 11.6. The molecule has 0 spiro atoms. The number of halogens is 2. The minimum Gasteiger partial charge on any atom is -0.490 e. The van der Waals surface area contributed by atoms with E-state index >= 15 is 0 Å². The molecule has 0 atom stereocenters. The SMILES string of the molecule is CCOc1cc(C=NNc2ccccc2)ccc1OCc1ccc(Cl)c(Cl)c1. The van der Waals surface area contributed by atoms with Gasteiger partial charge >= 0.3 is 0 Å². The third-order valence-corrected chi connectivity index (χ3v) is 4.57. The van der Waals surface area contributed by atoms with Crippen LogP contribution < -0.4 is 14.9 Å². The number of benzene rings is 3. The minimum atomic E-state index is 0.361. The molecule has 6 heteroatoms. The molecule has 0 aliphatic rings. The van der Waals surface area contributed by atoms with Crippen molar-refractivity contribution >= 4 is 35.1 Å². The average Bonchev–Trinajstić information content (AvgIpc) is 2.71. The molecule has 0 aliphatic heterocycles. The Hall–Kier alpha value is -2.69. The second-order valence-corrected chi connectivity index (χ2v) is 6.73. The summed E-state index contributed by atoms with van der Waals surface area (Å²) in [5, 5.41) is 5.28. The van der Waals surface area contributed by atoms with Crippen molar-refractivity contribution in [3.05, 3.63) is 87.9 Å². The van der Waals surface area contributed by atoms with Crippen LogP contribution in [0.1, 0.15) is 18.1 Å². The summed E-state index contributed by atoms with van der Waals surface area (Å²) in [5.41, 5.74) is 5.73. The van der Waals surface area contributed by atoms with Crippen LogP contribution in [0.3, 0.4) is 0 Å².